The average molecular weight is 328 g/mol. The molecule has 4 aliphatic carbocycles. The summed E-state index contributed by atoms with van der Waals surface area (Å²) in [6.07, 6.45) is 7.85. The smallest absolute Gasteiger partial charge is 0.155 e. The van der Waals surface area contributed by atoms with Crippen molar-refractivity contribution < 1.29 is 14.4 Å². The van der Waals surface area contributed by atoms with Crippen molar-refractivity contribution in [3.8, 4) is 0 Å². The van der Waals surface area contributed by atoms with Crippen LogP contribution in [0.1, 0.15) is 59.3 Å². The van der Waals surface area contributed by atoms with Gasteiger partial charge in [0.25, 0.3) is 0 Å². The first kappa shape index (κ1) is 16.2. The summed E-state index contributed by atoms with van der Waals surface area (Å²) < 4.78 is 0. The average Bonchev–Trinajstić information content (AvgIpc) is 2.82. The fraction of sp³-hybridized carbons (Fsp3) is 0.762. The van der Waals surface area contributed by atoms with E-state index < -0.39 is 5.41 Å². The third-order valence-electron chi connectivity index (χ3n) is 8.26. The molecular formula is C21H28O3. The van der Waals surface area contributed by atoms with Crippen LogP contribution in [-0.2, 0) is 14.4 Å². The number of ketones is 2. The maximum Gasteiger partial charge on any atom is 0.155 e. The number of Topliss-reactive ketones (excluding diaryl/α,β-unsaturated/α-hetero) is 1. The highest BCUT2D eigenvalue weighted by Gasteiger charge is 2.63. The quantitative estimate of drug-likeness (QED) is 0.689. The van der Waals surface area contributed by atoms with Gasteiger partial charge >= 0.3 is 0 Å². The fourth-order valence-corrected chi connectivity index (χ4v) is 7.09. The Kier molecular flexibility index (Phi) is 3.47. The number of aldehydes is 1. The van der Waals surface area contributed by atoms with Gasteiger partial charge in [0.2, 0.25) is 0 Å². The van der Waals surface area contributed by atoms with Crippen LogP contribution >= 0.6 is 0 Å². The third-order valence-corrected chi connectivity index (χ3v) is 8.26. The van der Waals surface area contributed by atoms with E-state index in [-0.39, 0.29) is 17.1 Å². The van der Waals surface area contributed by atoms with Crippen molar-refractivity contribution >= 4 is 17.9 Å². The molecule has 4 rings (SSSR count). The number of allylic oxidation sites excluding steroid dienone is 1. The number of hydrogen-bond acceptors (Lipinski definition) is 3. The van der Waals surface area contributed by atoms with Gasteiger partial charge in [-0.1, -0.05) is 26.3 Å². The molecule has 0 radical (unpaired) electrons. The van der Waals surface area contributed by atoms with Crippen LogP contribution in [0.15, 0.2) is 11.6 Å². The Balaban J connectivity index is 1.82. The van der Waals surface area contributed by atoms with E-state index in [0.29, 0.717) is 42.3 Å². The molecule has 0 aromatic carbocycles. The number of rotatable bonds is 1. The van der Waals surface area contributed by atoms with Gasteiger partial charge in [-0.15, -0.1) is 0 Å². The predicted octanol–water partition coefficient (Wildman–Crippen LogP) is 3.76. The molecule has 4 aliphatic rings. The molecule has 0 spiro atoms. The second kappa shape index (κ2) is 5.12. The summed E-state index contributed by atoms with van der Waals surface area (Å²) in [5.41, 5.74) is 0.454. The van der Waals surface area contributed by atoms with E-state index in [1.807, 2.05) is 0 Å². The van der Waals surface area contributed by atoms with Gasteiger partial charge in [0.1, 0.15) is 12.1 Å². The molecule has 130 valence electrons. The lowest BCUT2D eigenvalue weighted by Gasteiger charge is -2.59. The SMILES string of the molecule is CC1CC2=CC(=O)CC(C)[C@]2(C=O)[C@@H]2CC[C@]3(C)C(=O)CC[C@H]3[C@H]12. The van der Waals surface area contributed by atoms with Crippen LogP contribution in [0, 0.1) is 40.4 Å². The molecule has 3 nitrogen and oxygen atoms in total. The molecule has 3 saturated carbocycles. The van der Waals surface area contributed by atoms with E-state index in [9.17, 15) is 14.4 Å². The Bertz CT molecular complexity index is 647. The summed E-state index contributed by atoms with van der Waals surface area (Å²) in [6.45, 7) is 6.52. The Morgan fingerprint density at radius 1 is 1.12 bits per heavy atom. The fourth-order valence-electron chi connectivity index (χ4n) is 7.09. The third kappa shape index (κ3) is 1.82. The van der Waals surface area contributed by atoms with Gasteiger partial charge in [0.15, 0.2) is 5.78 Å². The number of carbonyl (C=O) groups is 3. The van der Waals surface area contributed by atoms with Gasteiger partial charge in [-0.2, -0.15) is 0 Å². The minimum Gasteiger partial charge on any atom is -0.302 e. The van der Waals surface area contributed by atoms with Crippen molar-refractivity contribution in [1.29, 1.82) is 0 Å². The van der Waals surface area contributed by atoms with Crippen molar-refractivity contribution in [1.82, 2.24) is 0 Å². The van der Waals surface area contributed by atoms with Gasteiger partial charge in [-0.3, -0.25) is 9.59 Å². The first-order valence-corrected chi connectivity index (χ1v) is 9.58. The molecule has 0 aromatic rings. The maximum absolute atomic E-state index is 12.5. The summed E-state index contributed by atoms with van der Waals surface area (Å²) in [6, 6.07) is 0. The summed E-state index contributed by atoms with van der Waals surface area (Å²) in [7, 11) is 0. The normalized spacial score (nSPS) is 50.6. The second-order valence-corrected chi connectivity index (χ2v) is 9.18. The molecule has 0 amide bonds. The van der Waals surface area contributed by atoms with Crippen molar-refractivity contribution in [3.05, 3.63) is 11.6 Å². The van der Waals surface area contributed by atoms with E-state index in [2.05, 4.69) is 20.8 Å². The predicted molar refractivity (Wildman–Crippen MR) is 91.2 cm³/mol. The van der Waals surface area contributed by atoms with Crippen molar-refractivity contribution in [2.24, 2.45) is 40.4 Å². The molecule has 24 heavy (non-hydrogen) atoms. The van der Waals surface area contributed by atoms with Crippen LogP contribution in [0.3, 0.4) is 0 Å². The van der Waals surface area contributed by atoms with Gasteiger partial charge in [0, 0.05) is 18.3 Å². The van der Waals surface area contributed by atoms with E-state index in [1.54, 1.807) is 6.08 Å². The van der Waals surface area contributed by atoms with Crippen molar-refractivity contribution in [3.63, 3.8) is 0 Å². The van der Waals surface area contributed by atoms with Crippen molar-refractivity contribution in [2.75, 3.05) is 0 Å². The summed E-state index contributed by atoms with van der Waals surface area (Å²) in [5.74, 6) is 2.31. The topological polar surface area (TPSA) is 51.2 Å². The van der Waals surface area contributed by atoms with E-state index in [4.69, 9.17) is 0 Å². The van der Waals surface area contributed by atoms with Crippen LogP contribution in [-0.4, -0.2) is 17.9 Å². The van der Waals surface area contributed by atoms with E-state index >= 15 is 0 Å². The molecule has 3 fully saturated rings. The van der Waals surface area contributed by atoms with Crippen molar-refractivity contribution in [2.45, 2.75) is 59.3 Å². The Morgan fingerprint density at radius 2 is 1.88 bits per heavy atom. The minimum atomic E-state index is -0.460. The molecule has 0 bridgehead atoms. The van der Waals surface area contributed by atoms with Gasteiger partial charge in [0.05, 0.1) is 5.41 Å². The molecule has 0 aliphatic heterocycles. The monoisotopic (exact) mass is 328 g/mol. The summed E-state index contributed by atoms with van der Waals surface area (Å²) >= 11 is 0. The first-order chi connectivity index (χ1) is 11.3. The molecule has 3 heteroatoms. The number of hydrogen-bond donors (Lipinski definition) is 0. The zero-order chi connectivity index (χ0) is 17.3. The number of carbonyl (C=O) groups excluding carboxylic acids is 3. The van der Waals surface area contributed by atoms with Crippen LogP contribution in [0.5, 0.6) is 0 Å². The molecule has 0 N–H and O–H groups in total. The number of fused-ring (bicyclic) bond motifs is 5. The zero-order valence-corrected chi connectivity index (χ0v) is 15.0. The second-order valence-electron chi connectivity index (χ2n) is 9.18. The largest absolute Gasteiger partial charge is 0.302 e. The highest BCUT2D eigenvalue weighted by atomic mass is 16.1. The molecule has 0 heterocycles. The van der Waals surface area contributed by atoms with E-state index in [0.717, 1.165) is 31.3 Å². The lowest BCUT2D eigenvalue weighted by Crippen LogP contribution is -2.57. The summed E-state index contributed by atoms with van der Waals surface area (Å²) in [4.78, 5) is 37.0. The standard InChI is InChI=1S/C21H28O3/c1-12-8-14-10-15(23)9-13(2)21(14,11-22)17-6-7-20(3)16(19(12)17)4-5-18(20)24/h10-13,16-17,19H,4-9H2,1-3H3/t12?,13?,16-,17+,19-,20-,21-/m0/s1. The van der Waals surface area contributed by atoms with Crippen LogP contribution in [0.2, 0.25) is 0 Å². The first-order valence-electron chi connectivity index (χ1n) is 9.58. The molecule has 2 unspecified atom stereocenters. The van der Waals surface area contributed by atoms with Gasteiger partial charge < -0.3 is 4.79 Å². The summed E-state index contributed by atoms with van der Waals surface area (Å²) in [5, 5.41) is 0. The highest BCUT2D eigenvalue weighted by Crippen LogP contribution is 2.66. The highest BCUT2D eigenvalue weighted by molar-refractivity contribution is 5.94. The van der Waals surface area contributed by atoms with Crippen LogP contribution in [0.4, 0.5) is 0 Å². The molecule has 0 aromatic heterocycles. The zero-order valence-electron chi connectivity index (χ0n) is 15.0. The molecule has 7 atom stereocenters. The van der Waals surface area contributed by atoms with Gasteiger partial charge in [-0.25, -0.2) is 0 Å². The molecule has 0 saturated heterocycles. The van der Waals surface area contributed by atoms with Crippen LogP contribution < -0.4 is 0 Å². The van der Waals surface area contributed by atoms with Gasteiger partial charge in [-0.05, 0) is 61.3 Å². The molecular weight excluding hydrogens is 300 g/mol. The van der Waals surface area contributed by atoms with Crippen LogP contribution in [0.25, 0.3) is 0 Å². The maximum atomic E-state index is 12.5. The Hall–Kier alpha value is -1.25. The Labute approximate surface area is 144 Å². The van der Waals surface area contributed by atoms with E-state index in [1.165, 1.54) is 6.29 Å². The minimum absolute atomic E-state index is 0.0870. The Morgan fingerprint density at radius 3 is 2.58 bits per heavy atom. The lowest BCUT2D eigenvalue weighted by molar-refractivity contribution is -0.142. The lowest BCUT2D eigenvalue weighted by atomic mass is 9.43.